The molecule has 114 valence electrons. The van der Waals surface area contributed by atoms with Crippen molar-refractivity contribution in [1.29, 1.82) is 0 Å². The number of nitrogens with one attached hydrogen (secondary N) is 2. The van der Waals surface area contributed by atoms with E-state index in [1.165, 1.54) is 10.9 Å². The monoisotopic (exact) mass is 299 g/mol. The minimum atomic E-state index is -1.77. The van der Waals surface area contributed by atoms with E-state index in [9.17, 15) is 14.3 Å². The topological polar surface area (TPSA) is 125 Å². The standard InChI is InChI=1S/C11H14FN5O4/c1-13-11-15-8-6(9(20)16-11)14-3-17(8)10-5(12)7(19)4(2-18)21-10/h3-5,7,10,18-19H,2H2,1H3,(H2,13,15,16,20)/t4-,5+,7?,10-/m1/s1. The summed E-state index contributed by atoms with van der Waals surface area (Å²) in [4.78, 5) is 22.3. The normalized spacial score (nSPS) is 29.1. The molecule has 0 aliphatic carbocycles. The molecule has 2 aromatic rings. The van der Waals surface area contributed by atoms with E-state index in [0.717, 1.165) is 0 Å². The smallest absolute Gasteiger partial charge is 0.280 e. The highest BCUT2D eigenvalue weighted by atomic mass is 19.1. The van der Waals surface area contributed by atoms with Gasteiger partial charge in [0.15, 0.2) is 23.6 Å². The summed E-state index contributed by atoms with van der Waals surface area (Å²) in [5, 5.41) is 21.4. The number of alkyl halides is 1. The third-order valence-electron chi connectivity index (χ3n) is 3.42. The number of rotatable bonds is 3. The number of hydrogen-bond acceptors (Lipinski definition) is 7. The maximum atomic E-state index is 14.1. The number of H-pyrrole nitrogens is 1. The largest absolute Gasteiger partial charge is 0.394 e. The van der Waals surface area contributed by atoms with Crippen molar-refractivity contribution < 1.29 is 19.3 Å². The Balaban J connectivity index is 2.09. The van der Waals surface area contributed by atoms with E-state index < -0.39 is 36.8 Å². The highest BCUT2D eigenvalue weighted by molar-refractivity contribution is 5.70. The highest BCUT2D eigenvalue weighted by Gasteiger charge is 2.45. The van der Waals surface area contributed by atoms with Gasteiger partial charge in [-0.25, -0.2) is 9.37 Å². The first-order valence-corrected chi connectivity index (χ1v) is 6.30. The first-order valence-electron chi connectivity index (χ1n) is 6.30. The zero-order chi connectivity index (χ0) is 15.1. The van der Waals surface area contributed by atoms with Crippen LogP contribution >= 0.6 is 0 Å². The van der Waals surface area contributed by atoms with E-state index in [1.807, 2.05) is 0 Å². The average molecular weight is 299 g/mol. The molecule has 0 bridgehead atoms. The molecule has 0 saturated carbocycles. The fourth-order valence-electron chi connectivity index (χ4n) is 2.31. The Morgan fingerprint density at radius 3 is 3.00 bits per heavy atom. The van der Waals surface area contributed by atoms with E-state index >= 15 is 0 Å². The molecule has 2 aromatic heterocycles. The second-order valence-electron chi connectivity index (χ2n) is 4.67. The molecule has 10 heteroatoms. The Kier molecular flexibility index (Phi) is 3.35. The van der Waals surface area contributed by atoms with E-state index in [1.54, 1.807) is 7.05 Å². The predicted molar refractivity (Wildman–Crippen MR) is 69.6 cm³/mol. The van der Waals surface area contributed by atoms with Crippen LogP contribution in [0.25, 0.3) is 11.2 Å². The van der Waals surface area contributed by atoms with Gasteiger partial charge in [-0.05, 0) is 0 Å². The van der Waals surface area contributed by atoms with E-state index in [-0.39, 0.29) is 17.1 Å². The summed E-state index contributed by atoms with van der Waals surface area (Å²) in [5.74, 6) is 0.196. The molecular formula is C11H14FN5O4. The summed E-state index contributed by atoms with van der Waals surface area (Å²) in [6, 6.07) is 0. The molecule has 21 heavy (non-hydrogen) atoms. The number of halogens is 1. The van der Waals surface area contributed by atoms with Crippen molar-refractivity contribution >= 4 is 17.1 Å². The van der Waals surface area contributed by atoms with Crippen LogP contribution in [0.15, 0.2) is 11.1 Å². The van der Waals surface area contributed by atoms with E-state index in [4.69, 9.17) is 9.84 Å². The Bertz CT molecular complexity index is 716. The summed E-state index contributed by atoms with van der Waals surface area (Å²) >= 11 is 0. The molecule has 1 aliphatic heterocycles. The number of nitrogens with zero attached hydrogens (tertiary/aromatic N) is 3. The van der Waals surface area contributed by atoms with Crippen LogP contribution in [-0.2, 0) is 4.74 Å². The zero-order valence-corrected chi connectivity index (χ0v) is 11.0. The summed E-state index contributed by atoms with van der Waals surface area (Å²) in [5.41, 5.74) is -0.316. The van der Waals surface area contributed by atoms with Crippen molar-refractivity contribution in [2.24, 2.45) is 0 Å². The van der Waals surface area contributed by atoms with Gasteiger partial charge in [-0.15, -0.1) is 0 Å². The van der Waals surface area contributed by atoms with Crippen molar-refractivity contribution in [2.45, 2.75) is 24.6 Å². The molecule has 0 spiro atoms. The van der Waals surface area contributed by atoms with Gasteiger partial charge in [-0.3, -0.25) is 14.3 Å². The molecule has 3 rings (SSSR count). The molecule has 0 amide bonds. The molecule has 3 heterocycles. The van der Waals surface area contributed by atoms with Crippen LogP contribution in [0.4, 0.5) is 10.3 Å². The highest BCUT2D eigenvalue weighted by Crippen LogP contribution is 2.33. The summed E-state index contributed by atoms with van der Waals surface area (Å²) in [6.45, 7) is -0.513. The van der Waals surface area contributed by atoms with Crippen LogP contribution in [0, 0.1) is 0 Å². The molecule has 0 radical (unpaired) electrons. The molecule has 1 fully saturated rings. The number of aliphatic hydroxyl groups is 2. The fourth-order valence-corrected chi connectivity index (χ4v) is 2.31. The van der Waals surface area contributed by atoms with Crippen molar-refractivity contribution in [1.82, 2.24) is 19.5 Å². The fraction of sp³-hybridized carbons (Fsp3) is 0.545. The van der Waals surface area contributed by atoms with Gasteiger partial charge in [-0.1, -0.05) is 0 Å². The predicted octanol–water partition coefficient (Wildman–Crippen LogP) is -1.25. The number of aromatic nitrogens is 4. The first-order chi connectivity index (χ1) is 10.1. The third kappa shape index (κ3) is 2.07. The Labute approximate surface area is 117 Å². The lowest BCUT2D eigenvalue weighted by molar-refractivity contribution is -0.0459. The second kappa shape index (κ2) is 5.06. The zero-order valence-electron chi connectivity index (χ0n) is 11.0. The van der Waals surface area contributed by atoms with Crippen molar-refractivity contribution in [3.8, 4) is 0 Å². The second-order valence-corrected chi connectivity index (χ2v) is 4.67. The molecule has 0 aromatic carbocycles. The van der Waals surface area contributed by atoms with Gasteiger partial charge in [0.05, 0.1) is 12.9 Å². The summed E-state index contributed by atoms with van der Waals surface area (Å²) in [6.07, 6.45) is -4.24. The van der Waals surface area contributed by atoms with Crippen molar-refractivity contribution in [3.05, 3.63) is 16.7 Å². The van der Waals surface area contributed by atoms with Crippen LogP contribution in [0.3, 0.4) is 0 Å². The van der Waals surface area contributed by atoms with Gasteiger partial charge in [-0.2, -0.15) is 4.98 Å². The summed E-state index contributed by atoms with van der Waals surface area (Å²) in [7, 11) is 1.57. The first kappa shape index (κ1) is 13.9. The van der Waals surface area contributed by atoms with Crippen LogP contribution < -0.4 is 10.9 Å². The van der Waals surface area contributed by atoms with Gasteiger partial charge in [0.2, 0.25) is 5.95 Å². The molecule has 1 saturated heterocycles. The maximum absolute atomic E-state index is 14.1. The number of ether oxygens (including phenoxy) is 1. The van der Waals surface area contributed by atoms with Crippen molar-refractivity contribution in [3.63, 3.8) is 0 Å². The van der Waals surface area contributed by atoms with Gasteiger partial charge in [0.25, 0.3) is 5.56 Å². The van der Waals surface area contributed by atoms with Crippen LogP contribution in [0.5, 0.6) is 0 Å². The Hall–Kier alpha value is -2.04. The number of imidazole rings is 1. The van der Waals surface area contributed by atoms with Gasteiger partial charge >= 0.3 is 0 Å². The third-order valence-corrected chi connectivity index (χ3v) is 3.42. The number of anilines is 1. The number of hydrogen-bond donors (Lipinski definition) is 4. The lowest BCUT2D eigenvalue weighted by Crippen LogP contribution is -2.30. The van der Waals surface area contributed by atoms with Gasteiger partial charge in [0, 0.05) is 7.05 Å². The van der Waals surface area contributed by atoms with Crippen LogP contribution in [0.1, 0.15) is 6.23 Å². The summed E-state index contributed by atoms with van der Waals surface area (Å²) < 4.78 is 20.6. The molecule has 9 nitrogen and oxygen atoms in total. The molecule has 1 aliphatic rings. The SMILES string of the molecule is CNc1nc2c(ncn2[C@@H]2O[C@H](CO)C(O)[C@@H]2F)c(=O)[nH]1. The van der Waals surface area contributed by atoms with Gasteiger partial charge < -0.3 is 20.3 Å². The minimum absolute atomic E-state index is 0.0340. The van der Waals surface area contributed by atoms with Gasteiger partial charge in [0.1, 0.15) is 12.2 Å². The van der Waals surface area contributed by atoms with Crippen LogP contribution in [0.2, 0.25) is 0 Å². The van der Waals surface area contributed by atoms with Crippen molar-refractivity contribution in [2.75, 3.05) is 19.0 Å². The minimum Gasteiger partial charge on any atom is -0.394 e. The average Bonchev–Trinajstić information content (AvgIpc) is 3.02. The van der Waals surface area contributed by atoms with Crippen LogP contribution in [-0.4, -0.2) is 61.8 Å². The molecule has 1 unspecified atom stereocenters. The molecule has 4 N–H and O–H groups in total. The van der Waals surface area contributed by atoms with E-state index in [0.29, 0.717) is 0 Å². The Morgan fingerprint density at radius 1 is 1.62 bits per heavy atom. The Morgan fingerprint density at radius 2 is 2.38 bits per heavy atom. The quantitative estimate of drug-likeness (QED) is 0.558. The molecule has 4 atom stereocenters. The molecular weight excluding hydrogens is 285 g/mol. The lowest BCUT2D eigenvalue weighted by atomic mass is 10.1. The number of aromatic amines is 1. The lowest BCUT2D eigenvalue weighted by Gasteiger charge is -2.15. The van der Waals surface area contributed by atoms with E-state index in [2.05, 4.69) is 20.3 Å². The maximum Gasteiger partial charge on any atom is 0.280 e. The number of fused-ring (bicyclic) bond motifs is 1. The number of aliphatic hydroxyl groups excluding tert-OH is 2.